The molecule has 2 aromatic rings. The van der Waals surface area contributed by atoms with E-state index in [2.05, 4.69) is 5.16 Å². The summed E-state index contributed by atoms with van der Waals surface area (Å²) in [6.07, 6.45) is 0. The lowest BCUT2D eigenvalue weighted by molar-refractivity contribution is 0.405. The van der Waals surface area contributed by atoms with Gasteiger partial charge < -0.3 is 9.63 Å². The minimum Gasteiger partial charge on any atom is -0.508 e. The molecule has 0 atom stereocenters. The number of hydrogen-bond donors (Lipinski definition) is 1. The molecule has 1 aromatic heterocycles. The Labute approximate surface area is 63.2 Å². The van der Waals surface area contributed by atoms with Crippen LogP contribution in [0, 0.1) is 6.92 Å². The predicted molar refractivity (Wildman–Crippen MR) is 40.4 cm³/mol. The Bertz CT molecular complexity index is 392. The number of nitrogens with zero attached hydrogens (tertiary/aromatic N) is 1. The molecule has 11 heavy (non-hydrogen) atoms. The first-order valence-corrected chi connectivity index (χ1v) is 3.32. The van der Waals surface area contributed by atoms with Gasteiger partial charge in [0.05, 0.1) is 0 Å². The third-order valence-corrected chi connectivity index (χ3v) is 1.64. The van der Waals surface area contributed by atoms with Crippen LogP contribution in [0.15, 0.2) is 22.7 Å². The van der Waals surface area contributed by atoms with Gasteiger partial charge in [-0.15, -0.1) is 0 Å². The molecule has 0 fully saturated rings. The van der Waals surface area contributed by atoms with Gasteiger partial charge in [0.1, 0.15) is 17.0 Å². The van der Waals surface area contributed by atoms with E-state index in [1.54, 1.807) is 18.2 Å². The second kappa shape index (κ2) is 1.99. The lowest BCUT2D eigenvalue weighted by Gasteiger charge is -1.88. The quantitative estimate of drug-likeness (QED) is 0.621. The summed E-state index contributed by atoms with van der Waals surface area (Å²) in [5, 5.41) is 13.7. The second-order valence-corrected chi connectivity index (χ2v) is 2.44. The Morgan fingerprint density at radius 1 is 1.45 bits per heavy atom. The number of phenolic OH excluding ortho intramolecular Hbond substituents is 1. The Balaban J connectivity index is 2.86. The van der Waals surface area contributed by atoms with Crippen LogP contribution in [0.25, 0.3) is 10.9 Å². The first-order chi connectivity index (χ1) is 5.27. The van der Waals surface area contributed by atoms with Crippen LogP contribution < -0.4 is 0 Å². The maximum Gasteiger partial charge on any atom is 0.141 e. The molecule has 2 rings (SSSR count). The van der Waals surface area contributed by atoms with Crippen LogP contribution in [0.3, 0.4) is 0 Å². The normalized spacial score (nSPS) is 10.6. The second-order valence-electron chi connectivity index (χ2n) is 2.44. The van der Waals surface area contributed by atoms with Crippen molar-refractivity contribution in [2.24, 2.45) is 0 Å². The first-order valence-electron chi connectivity index (χ1n) is 3.32. The topological polar surface area (TPSA) is 46.3 Å². The molecule has 0 bridgehead atoms. The molecule has 3 heteroatoms. The number of aromatic nitrogens is 1. The van der Waals surface area contributed by atoms with Crippen LogP contribution in [0.1, 0.15) is 5.76 Å². The maximum absolute atomic E-state index is 9.06. The van der Waals surface area contributed by atoms with E-state index < -0.39 is 0 Å². The van der Waals surface area contributed by atoms with Crippen LogP contribution in [-0.2, 0) is 0 Å². The van der Waals surface area contributed by atoms with Crippen molar-refractivity contribution in [1.82, 2.24) is 5.16 Å². The van der Waals surface area contributed by atoms with Crippen molar-refractivity contribution in [3.05, 3.63) is 24.0 Å². The zero-order valence-corrected chi connectivity index (χ0v) is 6.03. The summed E-state index contributed by atoms with van der Waals surface area (Å²) in [7, 11) is 0. The van der Waals surface area contributed by atoms with Gasteiger partial charge in [0.15, 0.2) is 0 Å². The van der Waals surface area contributed by atoms with Crippen molar-refractivity contribution in [3.63, 3.8) is 0 Å². The van der Waals surface area contributed by atoms with E-state index in [0.29, 0.717) is 5.52 Å². The number of aromatic hydroxyl groups is 1. The lowest BCUT2D eigenvalue weighted by atomic mass is 10.2. The standard InChI is InChI=1S/C8H7NO2/c1-5-7-3-2-6(10)4-8(7)9-11-5/h2-4,10H,1H3. The van der Waals surface area contributed by atoms with Gasteiger partial charge in [-0.1, -0.05) is 5.16 Å². The van der Waals surface area contributed by atoms with Gasteiger partial charge in [0, 0.05) is 11.5 Å². The van der Waals surface area contributed by atoms with Gasteiger partial charge in [0.2, 0.25) is 0 Å². The first kappa shape index (κ1) is 6.22. The highest BCUT2D eigenvalue weighted by Gasteiger charge is 2.02. The molecule has 0 saturated heterocycles. The van der Waals surface area contributed by atoms with Gasteiger partial charge >= 0.3 is 0 Å². The van der Waals surface area contributed by atoms with Crippen molar-refractivity contribution in [3.8, 4) is 5.75 Å². The molecule has 1 aromatic carbocycles. The molecule has 0 amide bonds. The number of benzene rings is 1. The van der Waals surface area contributed by atoms with Crippen LogP contribution in [0.2, 0.25) is 0 Å². The monoisotopic (exact) mass is 149 g/mol. The van der Waals surface area contributed by atoms with Crippen molar-refractivity contribution in [2.45, 2.75) is 6.92 Å². The Hall–Kier alpha value is -1.51. The highest BCUT2D eigenvalue weighted by molar-refractivity contribution is 5.81. The van der Waals surface area contributed by atoms with Crippen molar-refractivity contribution < 1.29 is 9.63 Å². The number of phenols is 1. The third kappa shape index (κ3) is 0.852. The van der Waals surface area contributed by atoms with Gasteiger partial charge in [-0.25, -0.2) is 0 Å². The Morgan fingerprint density at radius 2 is 2.27 bits per heavy atom. The van der Waals surface area contributed by atoms with Crippen molar-refractivity contribution in [2.75, 3.05) is 0 Å². The van der Waals surface area contributed by atoms with E-state index in [1.165, 1.54) is 0 Å². The fourth-order valence-corrected chi connectivity index (χ4v) is 1.06. The molecule has 0 radical (unpaired) electrons. The van der Waals surface area contributed by atoms with E-state index in [4.69, 9.17) is 9.63 Å². The van der Waals surface area contributed by atoms with Gasteiger partial charge in [-0.3, -0.25) is 0 Å². The summed E-state index contributed by atoms with van der Waals surface area (Å²) in [5.41, 5.74) is 0.697. The number of hydrogen-bond acceptors (Lipinski definition) is 3. The van der Waals surface area contributed by atoms with Gasteiger partial charge in [0.25, 0.3) is 0 Å². The van der Waals surface area contributed by atoms with Crippen LogP contribution in [0.4, 0.5) is 0 Å². The van der Waals surface area contributed by atoms with Crippen molar-refractivity contribution in [1.29, 1.82) is 0 Å². The molecule has 0 spiro atoms. The lowest BCUT2D eigenvalue weighted by Crippen LogP contribution is -1.68. The maximum atomic E-state index is 9.06. The van der Waals surface area contributed by atoms with Gasteiger partial charge in [-0.05, 0) is 19.1 Å². The molecule has 0 aliphatic heterocycles. The summed E-state index contributed by atoms with van der Waals surface area (Å²) >= 11 is 0. The molecule has 0 aliphatic carbocycles. The molecular formula is C8H7NO2. The molecule has 0 unspecified atom stereocenters. The molecular weight excluding hydrogens is 142 g/mol. The largest absolute Gasteiger partial charge is 0.508 e. The molecule has 1 N–H and O–H groups in total. The fourth-order valence-electron chi connectivity index (χ4n) is 1.06. The summed E-state index contributed by atoms with van der Waals surface area (Å²) in [6.45, 7) is 1.84. The number of aryl methyl sites for hydroxylation is 1. The molecule has 3 nitrogen and oxygen atoms in total. The minimum absolute atomic E-state index is 0.214. The molecule has 1 heterocycles. The summed E-state index contributed by atoms with van der Waals surface area (Å²) in [6, 6.07) is 4.98. The van der Waals surface area contributed by atoms with Crippen LogP contribution in [0.5, 0.6) is 5.75 Å². The smallest absolute Gasteiger partial charge is 0.141 e. The molecule has 0 aliphatic rings. The van der Waals surface area contributed by atoms with E-state index in [-0.39, 0.29) is 5.75 Å². The Morgan fingerprint density at radius 3 is 3.09 bits per heavy atom. The minimum atomic E-state index is 0.214. The van der Waals surface area contributed by atoms with E-state index in [9.17, 15) is 0 Å². The van der Waals surface area contributed by atoms with Crippen LogP contribution in [-0.4, -0.2) is 10.3 Å². The molecule has 56 valence electrons. The van der Waals surface area contributed by atoms with E-state index >= 15 is 0 Å². The third-order valence-electron chi connectivity index (χ3n) is 1.64. The average molecular weight is 149 g/mol. The predicted octanol–water partition coefficient (Wildman–Crippen LogP) is 1.84. The zero-order valence-electron chi connectivity index (χ0n) is 6.03. The summed E-state index contributed by atoms with van der Waals surface area (Å²) < 4.78 is 4.91. The number of rotatable bonds is 0. The summed E-state index contributed by atoms with van der Waals surface area (Å²) in [5.74, 6) is 0.991. The zero-order chi connectivity index (χ0) is 7.84. The van der Waals surface area contributed by atoms with E-state index in [0.717, 1.165) is 11.1 Å². The SMILES string of the molecule is Cc1onc2cc(O)ccc12. The fraction of sp³-hybridized carbons (Fsp3) is 0.125. The Kier molecular flexibility index (Phi) is 1.12. The average Bonchev–Trinajstić information content (AvgIpc) is 2.32. The van der Waals surface area contributed by atoms with E-state index in [1.807, 2.05) is 6.92 Å². The van der Waals surface area contributed by atoms with Crippen LogP contribution >= 0.6 is 0 Å². The van der Waals surface area contributed by atoms with Crippen molar-refractivity contribution >= 4 is 10.9 Å². The van der Waals surface area contributed by atoms with Gasteiger partial charge in [-0.2, -0.15) is 0 Å². The highest BCUT2D eigenvalue weighted by atomic mass is 16.5. The molecule has 0 saturated carbocycles. The number of fused-ring (bicyclic) bond motifs is 1. The highest BCUT2D eigenvalue weighted by Crippen LogP contribution is 2.21. The summed E-state index contributed by atoms with van der Waals surface area (Å²) in [4.78, 5) is 0.